The Hall–Kier alpha value is -3.93. The van der Waals surface area contributed by atoms with E-state index in [9.17, 15) is 22.8 Å². The predicted octanol–water partition coefficient (Wildman–Crippen LogP) is 3.47. The SMILES string of the molecule is CN(C(=O)c1ccc(Nc2nc3c(C4=CCN(C(=O)CCC(F)(F)F)CC4)cccn3n2)cc1)C1CNC1. The number of hydrogen-bond acceptors (Lipinski definition) is 6. The molecule has 38 heavy (non-hydrogen) atoms. The highest BCUT2D eigenvalue weighted by Gasteiger charge is 2.30. The number of fused-ring (bicyclic) bond motifs is 1. The molecule has 1 saturated heterocycles. The second-order valence-electron chi connectivity index (χ2n) is 9.49. The number of amides is 2. The first kappa shape index (κ1) is 25.7. The maximum Gasteiger partial charge on any atom is 0.389 e. The number of aromatic nitrogens is 3. The van der Waals surface area contributed by atoms with Gasteiger partial charge in [-0.1, -0.05) is 6.08 Å². The van der Waals surface area contributed by atoms with Gasteiger partial charge in [0.1, 0.15) is 0 Å². The lowest BCUT2D eigenvalue weighted by Gasteiger charge is -2.35. The molecule has 2 aromatic heterocycles. The number of nitrogens with one attached hydrogen (secondary N) is 2. The fourth-order valence-electron chi connectivity index (χ4n) is 4.50. The lowest BCUT2D eigenvalue weighted by Crippen LogP contribution is -2.57. The van der Waals surface area contributed by atoms with Crippen molar-refractivity contribution in [2.24, 2.45) is 0 Å². The minimum absolute atomic E-state index is 0.0279. The van der Waals surface area contributed by atoms with Crippen LogP contribution in [0.5, 0.6) is 0 Å². The third-order valence-corrected chi connectivity index (χ3v) is 6.91. The molecule has 2 aliphatic heterocycles. The molecule has 0 atom stereocenters. The zero-order chi connectivity index (χ0) is 26.9. The molecule has 1 fully saturated rings. The number of rotatable bonds is 7. The number of likely N-dealkylation sites (N-methyl/N-ethyl adjacent to an activating group) is 1. The van der Waals surface area contributed by atoms with Crippen LogP contribution in [0.15, 0.2) is 48.7 Å². The van der Waals surface area contributed by atoms with Crippen molar-refractivity contribution in [1.82, 2.24) is 29.7 Å². The van der Waals surface area contributed by atoms with E-state index in [4.69, 9.17) is 0 Å². The number of carbonyl (C=O) groups is 2. The lowest BCUT2D eigenvalue weighted by molar-refractivity contribution is -0.148. The van der Waals surface area contributed by atoms with Crippen LogP contribution in [0.1, 0.15) is 35.2 Å². The molecule has 200 valence electrons. The van der Waals surface area contributed by atoms with Gasteiger partial charge >= 0.3 is 6.18 Å². The average Bonchev–Trinajstić information content (AvgIpc) is 3.28. The van der Waals surface area contributed by atoms with E-state index in [1.165, 1.54) is 4.90 Å². The summed E-state index contributed by atoms with van der Waals surface area (Å²) in [5, 5.41) is 10.8. The Balaban J connectivity index is 1.26. The molecule has 0 saturated carbocycles. The standard InChI is InChI=1S/C26H28F3N7O2/c1-34(20-15-30-16-20)24(38)18-4-6-19(7-5-18)31-25-32-23-21(3-2-12-36(23)33-25)17-9-13-35(14-10-17)22(37)8-11-26(27,28)29/h2-7,9,12,20,30H,8,10-11,13-16H2,1H3,(H,31,33). The van der Waals surface area contributed by atoms with Crippen molar-refractivity contribution in [3.05, 3.63) is 59.8 Å². The minimum Gasteiger partial charge on any atom is -0.339 e. The van der Waals surface area contributed by atoms with Gasteiger partial charge in [-0.25, -0.2) is 4.52 Å². The van der Waals surface area contributed by atoms with Gasteiger partial charge in [0.2, 0.25) is 11.9 Å². The van der Waals surface area contributed by atoms with E-state index in [1.54, 1.807) is 39.9 Å². The molecule has 5 rings (SSSR count). The van der Waals surface area contributed by atoms with Crippen molar-refractivity contribution in [1.29, 1.82) is 0 Å². The zero-order valence-electron chi connectivity index (χ0n) is 20.8. The molecule has 4 heterocycles. The summed E-state index contributed by atoms with van der Waals surface area (Å²) in [5.74, 6) is -0.140. The van der Waals surface area contributed by atoms with Gasteiger partial charge in [-0.05, 0) is 48.4 Å². The first-order valence-corrected chi connectivity index (χ1v) is 12.4. The maximum atomic E-state index is 12.7. The summed E-state index contributed by atoms with van der Waals surface area (Å²) in [6, 6.07) is 11.1. The molecule has 0 aliphatic carbocycles. The van der Waals surface area contributed by atoms with Gasteiger partial charge in [-0.3, -0.25) is 9.59 Å². The Bertz CT molecular complexity index is 1360. The van der Waals surface area contributed by atoms with Crippen LogP contribution in [-0.2, 0) is 4.79 Å². The highest BCUT2D eigenvalue weighted by Crippen LogP contribution is 2.28. The monoisotopic (exact) mass is 527 g/mol. The fraction of sp³-hybridized carbons (Fsp3) is 0.385. The Labute approximate surface area is 217 Å². The van der Waals surface area contributed by atoms with Gasteiger partial charge in [0, 0.05) is 62.7 Å². The van der Waals surface area contributed by atoms with Crippen molar-refractivity contribution in [2.45, 2.75) is 31.5 Å². The second kappa shape index (κ2) is 10.4. The molecule has 0 spiro atoms. The van der Waals surface area contributed by atoms with E-state index in [0.29, 0.717) is 30.1 Å². The van der Waals surface area contributed by atoms with Crippen molar-refractivity contribution in [3.63, 3.8) is 0 Å². The number of anilines is 2. The van der Waals surface area contributed by atoms with E-state index in [2.05, 4.69) is 20.7 Å². The largest absolute Gasteiger partial charge is 0.389 e. The molecule has 9 nitrogen and oxygen atoms in total. The Kier molecular flexibility index (Phi) is 7.06. The molecule has 12 heteroatoms. The molecule has 1 aromatic carbocycles. The van der Waals surface area contributed by atoms with E-state index in [1.807, 2.05) is 25.3 Å². The molecule has 0 bridgehead atoms. The molecule has 2 amide bonds. The van der Waals surface area contributed by atoms with Gasteiger partial charge < -0.3 is 20.4 Å². The second-order valence-corrected chi connectivity index (χ2v) is 9.49. The van der Waals surface area contributed by atoms with Crippen molar-refractivity contribution in [2.75, 3.05) is 38.5 Å². The van der Waals surface area contributed by atoms with E-state index < -0.39 is 24.9 Å². The number of carbonyl (C=O) groups excluding carboxylic acids is 2. The van der Waals surface area contributed by atoms with Gasteiger partial charge in [-0.2, -0.15) is 18.2 Å². The summed E-state index contributed by atoms with van der Waals surface area (Å²) in [7, 11) is 1.81. The van der Waals surface area contributed by atoms with Gasteiger partial charge in [-0.15, -0.1) is 5.10 Å². The summed E-state index contributed by atoms with van der Waals surface area (Å²) in [6.45, 7) is 2.21. The van der Waals surface area contributed by atoms with E-state index in [0.717, 1.165) is 29.9 Å². The van der Waals surface area contributed by atoms with Crippen LogP contribution in [-0.4, -0.2) is 81.7 Å². The number of pyridine rings is 1. The van der Waals surface area contributed by atoms with Crippen molar-refractivity contribution in [3.8, 4) is 0 Å². The normalized spacial score (nSPS) is 16.2. The van der Waals surface area contributed by atoms with E-state index in [-0.39, 0.29) is 18.5 Å². The van der Waals surface area contributed by atoms with Crippen molar-refractivity contribution < 1.29 is 22.8 Å². The van der Waals surface area contributed by atoms with Crippen molar-refractivity contribution >= 4 is 34.7 Å². The van der Waals surface area contributed by atoms with Crippen LogP contribution in [0.2, 0.25) is 0 Å². The minimum atomic E-state index is -4.34. The summed E-state index contributed by atoms with van der Waals surface area (Å²) in [4.78, 5) is 32.6. The van der Waals surface area contributed by atoms with Gasteiger partial charge in [0.05, 0.1) is 12.5 Å². The fourth-order valence-corrected chi connectivity index (χ4v) is 4.50. The molecule has 0 radical (unpaired) electrons. The number of hydrogen-bond donors (Lipinski definition) is 2. The molecular weight excluding hydrogens is 499 g/mol. The van der Waals surface area contributed by atoms with Gasteiger partial charge in [0.15, 0.2) is 5.65 Å². The van der Waals surface area contributed by atoms with Crippen LogP contribution < -0.4 is 10.6 Å². The third kappa shape index (κ3) is 5.64. The smallest absolute Gasteiger partial charge is 0.339 e. The predicted molar refractivity (Wildman–Crippen MR) is 136 cm³/mol. The summed E-state index contributed by atoms with van der Waals surface area (Å²) in [5.41, 5.74) is 3.77. The average molecular weight is 528 g/mol. The number of halogens is 3. The Morgan fingerprint density at radius 2 is 1.95 bits per heavy atom. The quantitative estimate of drug-likeness (QED) is 0.489. The highest BCUT2D eigenvalue weighted by molar-refractivity contribution is 5.94. The highest BCUT2D eigenvalue weighted by atomic mass is 19.4. The third-order valence-electron chi connectivity index (χ3n) is 6.91. The molecule has 3 aromatic rings. The topological polar surface area (TPSA) is 94.9 Å². The van der Waals surface area contributed by atoms with Crippen LogP contribution >= 0.6 is 0 Å². The lowest BCUT2D eigenvalue weighted by atomic mass is 10.00. The molecule has 2 N–H and O–H groups in total. The summed E-state index contributed by atoms with van der Waals surface area (Å²) < 4.78 is 39.0. The van der Waals surface area contributed by atoms with Crippen LogP contribution in [0.25, 0.3) is 11.2 Å². The Morgan fingerprint density at radius 1 is 1.18 bits per heavy atom. The van der Waals surface area contributed by atoms with Gasteiger partial charge in [0.25, 0.3) is 5.91 Å². The number of alkyl halides is 3. The zero-order valence-corrected chi connectivity index (χ0v) is 20.8. The first-order chi connectivity index (χ1) is 18.2. The van der Waals surface area contributed by atoms with Crippen LogP contribution in [0, 0.1) is 0 Å². The summed E-state index contributed by atoms with van der Waals surface area (Å²) >= 11 is 0. The molecular formula is C26H28F3N7O2. The van der Waals surface area contributed by atoms with Crippen LogP contribution in [0.3, 0.4) is 0 Å². The van der Waals surface area contributed by atoms with Crippen LogP contribution in [0.4, 0.5) is 24.8 Å². The maximum absolute atomic E-state index is 12.7. The molecule has 0 unspecified atom stereocenters. The first-order valence-electron chi connectivity index (χ1n) is 12.4. The molecule has 2 aliphatic rings. The Morgan fingerprint density at radius 3 is 2.58 bits per heavy atom. The number of nitrogens with zero attached hydrogens (tertiary/aromatic N) is 5. The summed E-state index contributed by atoms with van der Waals surface area (Å²) in [6.07, 6.45) is -1.84. The van der Waals surface area contributed by atoms with E-state index >= 15 is 0 Å². The number of benzene rings is 1.